The molecule has 0 radical (unpaired) electrons. The number of nitrogens with one attached hydrogen (secondary N) is 1. The maximum atomic E-state index is 14.3. The molecule has 4 aromatic carbocycles. The van der Waals surface area contributed by atoms with Gasteiger partial charge in [-0.25, -0.2) is 12.8 Å². The van der Waals surface area contributed by atoms with Gasteiger partial charge in [0.1, 0.15) is 18.4 Å². The maximum Gasteiger partial charge on any atom is 0.264 e. The summed E-state index contributed by atoms with van der Waals surface area (Å²) >= 11 is 6.01. The number of anilines is 1. The first kappa shape index (κ1) is 31.7. The number of hydrogen-bond acceptors (Lipinski definition) is 4. The summed E-state index contributed by atoms with van der Waals surface area (Å²) in [6.07, 6.45) is 0.884. The van der Waals surface area contributed by atoms with Crippen molar-refractivity contribution >= 4 is 39.1 Å². The Morgan fingerprint density at radius 2 is 1.44 bits per heavy atom. The van der Waals surface area contributed by atoms with E-state index in [1.807, 2.05) is 37.3 Å². The van der Waals surface area contributed by atoms with Crippen LogP contribution in [0, 0.1) is 5.82 Å². The van der Waals surface area contributed by atoms with E-state index in [1.54, 1.807) is 42.5 Å². The van der Waals surface area contributed by atoms with Gasteiger partial charge < -0.3 is 10.2 Å². The number of nitrogens with zero attached hydrogens (tertiary/aromatic N) is 2. The van der Waals surface area contributed by atoms with E-state index in [0.29, 0.717) is 23.6 Å². The van der Waals surface area contributed by atoms with Gasteiger partial charge in [0.25, 0.3) is 10.0 Å². The number of halogens is 2. The smallest absolute Gasteiger partial charge is 0.264 e. The van der Waals surface area contributed by atoms with Crippen molar-refractivity contribution in [3.63, 3.8) is 0 Å². The Hall–Kier alpha value is -4.21. The Morgan fingerprint density at radius 1 is 0.837 bits per heavy atom. The van der Waals surface area contributed by atoms with Gasteiger partial charge in [-0.05, 0) is 66.1 Å². The minimum Gasteiger partial charge on any atom is -0.354 e. The molecule has 224 valence electrons. The summed E-state index contributed by atoms with van der Waals surface area (Å²) in [6.45, 7) is 1.71. The predicted molar refractivity (Wildman–Crippen MR) is 167 cm³/mol. The highest BCUT2D eigenvalue weighted by Gasteiger charge is 2.34. The first-order chi connectivity index (χ1) is 20.7. The third kappa shape index (κ3) is 8.43. The maximum absolute atomic E-state index is 14.3. The largest absolute Gasteiger partial charge is 0.354 e. The molecule has 0 saturated heterocycles. The van der Waals surface area contributed by atoms with Crippen LogP contribution in [0.2, 0.25) is 5.02 Å². The van der Waals surface area contributed by atoms with E-state index in [2.05, 4.69) is 5.32 Å². The van der Waals surface area contributed by atoms with Gasteiger partial charge in [-0.3, -0.25) is 13.9 Å². The zero-order chi connectivity index (χ0) is 30.8. The summed E-state index contributed by atoms with van der Waals surface area (Å²) in [4.78, 5) is 29.2. The van der Waals surface area contributed by atoms with Crippen molar-refractivity contribution in [2.24, 2.45) is 0 Å². The molecule has 2 amide bonds. The number of carbonyl (C=O) groups excluding carboxylic acids is 2. The van der Waals surface area contributed by atoms with Gasteiger partial charge in [0.15, 0.2) is 0 Å². The molecule has 0 aromatic heterocycles. The fourth-order valence-corrected chi connectivity index (χ4v) is 6.10. The SMILES string of the molecule is CCCNC(=O)[C@H](Cc1ccccc1)N(Cc1ccc(F)cc1)C(=O)CN(c1ccccc1)S(=O)(=O)c1ccc(Cl)cc1. The number of benzene rings is 4. The Kier molecular flexibility index (Phi) is 10.9. The van der Waals surface area contributed by atoms with Gasteiger partial charge in [-0.1, -0.05) is 79.2 Å². The highest BCUT2D eigenvalue weighted by Crippen LogP contribution is 2.26. The molecule has 0 fully saturated rings. The molecule has 4 rings (SSSR count). The normalized spacial score (nSPS) is 11.9. The Balaban J connectivity index is 1.77. The van der Waals surface area contributed by atoms with E-state index < -0.39 is 34.3 Å². The molecule has 4 aromatic rings. The van der Waals surface area contributed by atoms with Crippen molar-refractivity contribution in [2.45, 2.75) is 37.2 Å². The van der Waals surface area contributed by atoms with E-state index in [4.69, 9.17) is 11.6 Å². The molecule has 0 heterocycles. The monoisotopic (exact) mass is 621 g/mol. The van der Waals surface area contributed by atoms with Crippen LogP contribution in [-0.4, -0.2) is 44.3 Å². The van der Waals surface area contributed by atoms with Crippen LogP contribution in [0.15, 0.2) is 114 Å². The highest BCUT2D eigenvalue weighted by atomic mass is 35.5. The van der Waals surface area contributed by atoms with E-state index in [1.165, 1.54) is 41.3 Å². The molecule has 43 heavy (non-hydrogen) atoms. The van der Waals surface area contributed by atoms with Crippen molar-refractivity contribution in [3.8, 4) is 0 Å². The fourth-order valence-electron chi connectivity index (χ4n) is 4.56. The molecular weight excluding hydrogens is 589 g/mol. The number of sulfonamides is 1. The van der Waals surface area contributed by atoms with Crippen LogP contribution in [0.3, 0.4) is 0 Å². The van der Waals surface area contributed by atoms with Crippen molar-refractivity contribution in [1.29, 1.82) is 0 Å². The summed E-state index contributed by atoms with van der Waals surface area (Å²) in [5, 5.41) is 3.26. The van der Waals surface area contributed by atoms with Crippen molar-refractivity contribution < 1.29 is 22.4 Å². The molecule has 1 N–H and O–H groups in total. The standard InChI is InChI=1S/C33H33ClFN3O4S/c1-2-21-36-33(40)31(22-25-9-5-3-6-10-25)37(23-26-13-17-28(35)18-14-26)32(39)24-38(29-11-7-4-8-12-29)43(41,42)30-19-15-27(34)16-20-30/h3-20,31H,2,21-24H2,1H3,(H,36,40)/t31-/m0/s1. The van der Waals surface area contributed by atoms with Crippen molar-refractivity contribution in [1.82, 2.24) is 10.2 Å². The molecule has 0 saturated carbocycles. The Labute approximate surface area is 257 Å². The third-order valence-corrected chi connectivity index (χ3v) is 8.85. The number of carbonyl (C=O) groups is 2. The van der Waals surface area contributed by atoms with Crippen LogP contribution in [0.1, 0.15) is 24.5 Å². The molecule has 0 bridgehead atoms. The van der Waals surface area contributed by atoms with Gasteiger partial charge in [0.2, 0.25) is 11.8 Å². The van der Waals surface area contributed by atoms with E-state index in [-0.39, 0.29) is 29.5 Å². The van der Waals surface area contributed by atoms with Crippen LogP contribution < -0.4 is 9.62 Å². The zero-order valence-corrected chi connectivity index (χ0v) is 25.3. The molecule has 7 nitrogen and oxygen atoms in total. The van der Waals surface area contributed by atoms with Crippen LogP contribution in [0.25, 0.3) is 0 Å². The zero-order valence-electron chi connectivity index (χ0n) is 23.7. The molecular formula is C33H33ClFN3O4S. The number of para-hydroxylation sites is 1. The second kappa shape index (κ2) is 14.8. The number of rotatable bonds is 13. The lowest BCUT2D eigenvalue weighted by atomic mass is 10.0. The second-order valence-corrected chi connectivity index (χ2v) is 12.2. The summed E-state index contributed by atoms with van der Waals surface area (Å²) in [5.41, 5.74) is 1.69. The molecule has 0 unspecified atom stereocenters. The van der Waals surface area contributed by atoms with Crippen LogP contribution in [0.5, 0.6) is 0 Å². The summed E-state index contributed by atoms with van der Waals surface area (Å²) in [7, 11) is -4.22. The fraction of sp³-hybridized carbons (Fsp3) is 0.212. The van der Waals surface area contributed by atoms with E-state index >= 15 is 0 Å². The lowest BCUT2D eigenvalue weighted by molar-refractivity contribution is -0.140. The Bertz CT molecular complexity index is 1600. The molecule has 0 spiro atoms. The van der Waals surface area contributed by atoms with Crippen LogP contribution in [0.4, 0.5) is 10.1 Å². The lowest BCUT2D eigenvalue weighted by Crippen LogP contribution is -2.53. The topological polar surface area (TPSA) is 86.8 Å². The molecule has 0 aliphatic carbocycles. The number of hydrogen-bond donors (Lipinski definition) is 1. The molecule has 10 heteroatoms. The summed E-state index contributed by atoms with van der Waals surface area (Å²) < 4.78 is 42.6. The predicted octanol–water partition coefficient (Wildman–Crippen LogP) is 5.84. The summed E-state index contributed by atoms with van der Waals surface area (Å²) in [5.74, 6) is -1.40. The minimum atomic E-state index is -4.22. The van der Waals surface area contributed by atoms with Gasteiger partial charge >= 0.3 is 0 Å². The van der Waals surface area contributed by atoms with E-state index in [9.17, 15) is 22.4 Å². The van der Waals surface area contributed by atoms with Gasteiger partial charge in [-0.2, -0.15) is 0 Å². The van der Waals surface area contributed by atoms with Gasteiger partial charge in [0, 0.05) is 24.5 Å². The molecule has 0 aliphatic rings. The van der Waals surface area contributed by atoms with Gasteiger partial charge in [0.05, 0.1) is 10.6 Å². The molecule has 0 aliphatic heterocycles. The molecule has 1 atom stereocenters. The average molecular weight is 622 g/mol. The number of amides is 2. The first-order valence-corrected chi connectivity index (χ1v) is 15.7. The second-order valence-electron chi connectivity index (χ2n) is 9.95. The van der Waals surface area contributed by atoms with E-state index in [0.717, 1.165) is 9.87 Å². The quantitative estimate of drug-likeness (QED) is 0.203. The lowest BCUT2D eigenvalue weighted by Gasteiger charge is -2.34. The average Bonchev–Trinajstić information content (AvgIpc) is 3.02. The van der Waals surface area contributed by atoms with Crippen molar-refractivity contribution in [3.05, 3.63) is 131 Å². The minimum absolute atomic E-state index is 0.0415. The van der Waals surface area contributed by atoms with Gasteiger partial charge in [-0.15, -0.1) is 0 Å². The summed E-state index contributed by atoms with van der Waals surface area (Å²) in [6, 6.07) is 27.9. The first-order valence-electron chi connectivity index (χ1n) is 13.9. The van der Waals surface area contributed by atoms with Crippen molar-refractivity contribution in [2.75, 3.05) is 17.4 Å². The van der Waals surface area contributed by atoms with Crippen LogP contribution in [-0.2, 0) is 32.6 Å². The third-order valence-electron chi connectivity index (χ3n) is 6.81. The highest BCUT2D eigenvalue weighted by molar-refractivity contribution is 7.92. The van der Waals surface area contributed by atoms with Crippen LogP contribution >= 0.6 is 11.6 Å². The Morgan fingerprint density at radius 3 is 2.05 bits per heavy atom.